The second-order valence-electron chi connectivity index (χ2n) is 29.2. The molecule has 0 saturated heterocycles. The molecule has 582 valence electrons. The maximum Gasteiger partial charge on any atom is 0.472 e. The molecule has 0 saturated carbocycles. The second kappa shape index (κ2) is 70.7. The van der Waals surface area contributed by atoms with Crippen LogP contribution in [0.2, 0.25) is 0 Å². The Labute approximate surface area is 600 Å². The summed E-state index contributed by atoms with van der Waals surface area (Å²) < 4.78 is 68.6. The number of aliphatic hydroxyl groups excluding tert-OH is 1. The minimum Gasteiger partial charge on any atom is -0.462 e. The molecule has 0 heterocycles. The first-order valence-electron chi connectivity index (χ1n) is 41.0. The standard InChI is InChI=1S/C79H154O17P2/c1-7-10-12-14-16-18-20-22-23-24-25-26-27-28-29-33-38-45-51-57-63-78(83)95-74(67-89-77(82)62-56-50-44-37-34-30-31-35-41-47-53-59-71(4)5)69-93-97(85,86)91-65-73(80)66-92-98(87,88)94-70-75(96-79(84)64-58-52-46-40-39-42-48-54-60-72(6)9-3)68-90-76(81)61-55-49-43-36-32-21-19-17-15-13-11-8-2/h71-75,80H,7-70H2,1-6H3,(H,85,86)(H,87,88)/t72?,73-,74-,75-/m1/s1. The molecule has 17 nitrogen and oxygen atoms in total. The summed E-state index contributed by atoms with van der Waals surface area (Å²) in [5, 5.41) is 10.6. The van der Waals surface area contributed by atoms with E-state index in [-0.39, 0.29) is 25.7 Å². The Balaban J connectivity index is 5.24. The van der Waals surface area contributed by atoms with Gasteiger partial charge in [0, 0.05) is 25.7 Å². The van der Waals surface area contributed by atoms with Crippen molar-refractivity contribution in [1.82, 2.24) is 0 Å². The van der Waals surface area contributed by atoms with Crippen molar-refractivity contribution in [2.24, 2.45) is 11.8 Å². The van der Waals surface area contributed by atoms with Gasteiger partial charge in [-0.2, -0.15) is 0 Å². The zero-order chi connectivity index (χ0) is 72.1. The molecule has 0 amide bonds. The number of carbonyl (C=O) groups excluding carboxylic acids is 4. The smallest absolute Gasteiger partial charge is 0.462 e. The van der Waals surface area contributed by atoms with Gasteiger partial charge in [-0.25, -0.2) is 9.13 Å². The molecule has 3 unspecified atom stereocenters. The molecule has 0 aromatic rings. The molecule has 0 aromatic heterocycles. The van der Waals surface area contributed by atoms with Gasteiger partial charge in [-0.05, 0) is 37.5 Å². The van der Waals surface area contributed by atoms with Crippen LogP contribution in [0.15, 0.2) is 0 Å². The Morgan fingerprint density at radius 3 is 0.776 bits per heavy atom. The van der Waals surface area contributed by atoms with Gasteiger partial charge in [0.25, 0.3) is 0 Å². The third-order valence-electron chi connectivity index (χ3n) is 18.8. The number of hydrogen-bond acceptors (Lipinski definition) is 15. The van der Waals surface area contributed by atoms with Crippen molar-refractivity contribution in [3.05, 3.63) is 0 Å². The number of phosphoric ester groups is 2. The van der Waals surface area contributed by atoms with Crippen LogP contribution in [0.4, 0.5) is 0 Å². The summed E-state index contributed by atoms with van der Waals surface area (Å²) in [6, 6.07) is 0. The molecule has 19 heteroatoms. The fourth-order valence-corrected chi connectivity index (χ4v) is 13.7. The molecule has 98 heavy (non-hydrogen) atoms. The minimum atomic E-state index is -4.96. The van der Waals surface area contributed by atoms with Gasteiger partial charge in [0.1, 0.15) is 19.3 Å². The first-order chi connectivity index (χ1) is 47.4. The van der Waals surface area contributed by atoms with Gasteiger partial charge in [-0.1, -0.05) is 363 Å². The lowest BCUT2D eigenvalue weighted by Crippen LogP contribution is -2.30. The monoisotopic (exact) mass is 1440 g/mol. The fraction of sp³-hybridized carbons (Fsp3) is 0.949. The number of rotatable bonds is 78. The van der Waals surface area contributed by atoms with Gasteiger partial charge in [0.05, 0.1) is 26.4 Å². The van der Waals surface area contributed by atoms with Crippen molar-refractivity contribution >= 4 is 39.5 Å². The largest absolute Gasteiger partial charge is 0.472 e. The van der Waals surface area contributed by atoms with Crippen molar-refractivity contribution in [2.75, 3.05) is 39.6 Å². The Morgan fingerprint density at radius 2 is 0.520 bits per heavy atom. The molecule has 0 aromatic carbocycles. The lowest BCUT2D eigenvalue weighted by atomic mass is 9.99. The Bertz CT molecular complexity index is 1890. The molecule has 0 aliphatic heterocycles. The van der Waals surface area contributed by atoms with Crippen molar-refractivity contribution in [2.45, 2.75) is 432 Å². The molecular formula is C79H154O17P2. The molecule has 0 rings (SSSR count). The molecule has 6 atom stereocenters. The number of carbonyl (C=O) groups is 4. The third-order valence-corrected chi connectivity index (χ3v) is 20.7. The number of aliphatic hydroxyl groups is 1. The molecule has 0 radical (unpaired) electrons. The topological polar surface area (TPSA) is 237 Å². The van der Waals surface area contributed by atoms with Crippen LogP contribution in [0, 0.1) is 11.8 Å². The van der Waals surface area contributed by atoms with Crippen LogP contribution in [-0.4, -0.2) is 96.7 Å². The number of phosphoric acid groups is 2. The summed E-state index contributed by atoms with van der Waals surface area (Å²) in [4.78, 5) is 72.9. The predicted molar refractivity (Wildman–Crippen MR) is 400 cm³/mol. The summed E-state index contributed by atoms with van der Waals surface area (Å²) in [6.07, 6.45) is 59.6. The van der Waals surface area contributed by atoms with E-state index in [0.717, 1.165) is 102 Å². The SMILES string of the molecule is CCCCCCCCCCCCCCCCCCCCCCC(=O)O[C@H](COC(=O)CCCCCCCCCCCCCC(C)C)COP(=O)(O)OC[C@@H](O)COP(=O)(O)OC[C@@H](COC(=O)CCCCCCCCCCCCCC)OC(=O)CCCCCCCCCCC(C)CC. The third kappa shape index (κ3) is 71.1. The fourth-order valence-electron chi connectivity index (χ4n) is 12.2. The van der Waals surface area contributed by atoms with Crippen LogP contribution < -0.4 is 0 Å². The van der Waals surface area contributed by atoms with Crippen LogP contribution in [0.25, 0.3) is 0 Å². The number of esters is 4. The number of hydrogen-bond donors (Lipinski definition) is 3. The summed E-state index contributed by atoms with van der Waals surface area (Å²) >= 11 is 0. The van der Waals surface area contributed by atoms with E-state index in [1.807, 2.05) is 0 Å². The van der Waals surface area contributed by atoms with E-state index in [2.05, 4.69) is 41.5 Å². The van der Waals surface area contributed by atoms with E-state index in [4.69, 9.17) is 37.0 Å². The molecule has 0 aliphatic rings. The summed E-state index contributed by atoms with van der Waals surface area (Å²) in [6.45, 7) is 9.62. The average molecular weight is 1440 g/mol. The average Bonchev–Trinajstić information content (AvgIpc) is 1.34. The van der Waals surface area contributed by atoms with E-state index in [1.54, 1.807) is 0 Å². The van der Waals surface area contributed by atoms with Crippen LogP contribution in [0.5, 0.6) is 0 Å². The van der Waals surface area contributed by atoms with E-state index in [0.29, 0.717) is 25.7 Å². The van der Waals surface area contributed by atoms with Crippen LogP contribution >= 0.6 is 15.6 Å². The highest BCUT2D eigenvalue weighted by Gasteiger charge is 2.30. The van der Waals surface area contributed by atoms with Gasteiger partial charge in [0.15, 0.2) is 12.2 Å². The molecule has 0 bridgehead atoms. The van der Waals surface area contributed by atoms with Crippen molar-refractivity contribution in [3.63, 3.8) is 0 Å². The maximum atomic E-state index is 13.1. The van der Waals surface area contributed by atoms with Crippen LogP contribution in [-0.2, 0) is 65.4 Å². The number of ether oxygens (including phenoxy) is 4. The van der Waals surface area contributed by atoms with E-state index in [1.165, 1.54) is 231 Å². The van der Waals surface area contributed by atoms with E-state index in [9.17, 15) is 43.2 Å². The maximum absolute atomic E-state index is 13.1. The van der Waals surface area contributed by atoms with Crippen LogP contribution in [0.1, 0.15) is 414 Å². The van der Waals surface area contributed by atoms with Gasteiger partial charge < -0.3 is 33.8 Å². The lowest BCUT2D eigenvalue weighted by Gasteiger charge is -2.21. The van der Waals surface area contributed by atoms with Crippen LogP contribution in [0.3, 0.4) is 0 Å². The van der Waals surface area contributed by atoms with Gasteiger partial charge >= 0.3 is 39.5 Å². The quantitative estimate of drug-likeness (QED) is 0.0222. The van der Waals surface area contributed by atoms with Gasteiger partial charge in [-0.15, -0.1) is 0 Å². The summed E-state index contributed by atoms with van der Waals surface area (Å²) in [7, 11) is -9.92. The van der Waals surface area contributed by atoms with Gasteiger partial charge in [0.2, 0.25) is 0 Å². The predicted octanol–water partition coefficient (Wildman–Crippen LogP) is 23.5. The van der Waals surface area contributed by atoms with Gasteiger partial charge in [-0.3, -0.25) is 37.3 Å². The first-order valence-corrected chi connectivity index (χ1v) is 44.0. The molecule has 0 aliphatic carbocycles. The first kappa shape index (κ1) is 96.1. The molecule has 0 spiro atoms. The highest BCUT2D eigenvalue weighted by atomic mass is 31.2. The zero-order valence-electron chi connectivity index (χ0n) is 64.1. The Morgan fingerprint density at radius 1 is 0.296 bits per heavy atom. The van der Waals surface area contributed by atoms with E-state index >= 15 is 0 Å². The minimum absolute atomic E-state index is 0.105. The lowest BCUT2D eigenvalue weighted by molar-refractivity contribution is -0.161. The highest BCUT2D eigenvalue weighted by molar-refractivity contribution is 7.47. The van der Waals surface area contributed by atoms with Crippen molar-refractivity contribution in [3.8, 4) is 0 Å². The van der Waals surface area contributed by atoms with Crippen molar-refractivity contribution < 1.29 is 80.2 Å². The Hall–Kier alpha value is -1.94. The zero-order valence-corrected chi connectivity index (χ0v) is 65.9. The normalized spacial score (nSPS) is 14.2. The molecule has 3 N–H and O–H groups in total. The summed E-state index contributed by atoms with van der Waals surface area (Å²) in [5.41, 5.74) is 0. The number of unbranched alkanes of at least 4 members (excludes halogenated alkanes) is 47. The summed E-state index contributed by atoms with van der Waals surface area (Å²) in [5.74, 6) is -0.572. The van der Waals surface area contributed by atoms with E-state index < -0.39 is 97.5 Å². The molecular weight excluding hydrogens is 1280 g/mol. The highest BCUT2D eigenvalue weighted by Crippen LogP contribution is 2.45. The second-order valence-corrected chi connectivity index (χ2v) is 32.1. The molecule has 0 fully saturated rings. The Kier molecular flexibility index (Phi) is 69.3. The van der Waals surface area contributed by atoms with Crippen molar-refractivity contribution in [1.29, 1.82) is 0 Å².